The summed E-state index contributed by atoms with van der Waals surface area (Å²) >= 11 is 0. The molecule has 0 aromatic heterocycles. The summed E-state index contributed by atoms with van der Waals surface area (Å²) in [6.07, 6.45) is 37.8. The number of hydrogen-bond acceptors (Lipinski definition) is 0. The second-order valence-electron chi connectivity index (χ2n) is 9.58. The Labute approximate surface area is 186 Å². The van der Waals surface area contributed by atoms with Crippen LogP contribution in [0.3, 0.4) is 0 Å². The third-order valence-electron chi connectivity index (χ3n) is 6.56. The van der Waals surface area contributed by atoms with Crippen LogP contribution in [0.4, 0.5) is 0 Å². The zero-order chi connectivity index (χ0) is 21.3. The summed E-state index contributed by atoms with van der Waals surface area (Å²) in [6.45, 7) is 6.96. The Bertz CT molecular complexity index is 303. The van der Waals surface area contributed by atoms with Crippen LogP contribution in [-0.2, 0) is 0 Å². The second-order valence-corrected chi connectivity index (χ2v) is 9.58. The molecule has 1 atom stereocenters. The van der Waals surface area contributed by atoms with Crippen LogP contribution in [0.15, 0.2) is 12.2 Å². The average molecular weight is 407 g/mol. The first-order chi connectivity index (χ1) is 14.3. The smallest absolute Gasteiger partial charge is 0.0351 e. The number of allylic oxidation sites excluding steroid dienone is 2. The highest BCUT2D eigenvalue weighted by atomic mass is 14.1. The lowest BCUT2D eigenvalue weighted by Crippen LogP contribution is -2.01. The lowest BCUT2D eigenvalue weighted by molar-refractivity contribution is 0.371. The Morgan fingerprint density at radius 3 is 1.17 bits per heavy atom. The maximum absolute atomic E-state index is 2.45. The molecule has 0 N–H and O–H groups in total. The molecule has 0 fully saturated rings. The van der Waals surface area contributed by atoms with E-state index in [-0.39, 0.29) is 0 Å². The van der Waals surface area contributed by atoms with Gasteiger partial charge in [0.1, 0.15) is 0 Å². The van der Waals surface area contributed by atoms with Crippen molar-refractivity contribution in [1.29, 1.82) is 0 Å². The first-order valence-corrected chi connectivity index (χ1v) is 14.0. The molecule has 0 nitrogen and oxygen atoms in total. The summed E-state index contributed by atoms with van der Waals surface area (Å²) in [4.78, 5) is 0. The van der Waals surface area contributed by atoms with E-state index < -0.39 is 0 Å². The van der Waals surface area contributed by atoms with Gasteiger partial charge in [0.2, 0.25) is 0 Å². The largest absolute Gasteiger partial charge is 0.0885 e. The highest BCUT2D eigenvalue weighted by Gasteiger charge is 2.08. The maximum atomic E-state index is 2.45. The highest BCUT2D eigenvalue weighted by molar-refractivity contribution is 4.81. The summed E-state index contributed by atoms with van der Waals surface area (Å²) in [5.74, 6) is 1.03. The van der Waals surface area contributed by atoms with Crippen molar-refractivity contribution in [1.82, 2.24) is 0 Å². The lowest BCUT2D eigenvalue weighted by Gasteiger charge is -2.16. The minimum atomic E-state index is 1.03. The van der Waals surface area contributed by atoms with Crippen LogP contribution in [0.1, 0.15) is 168 Å². The van der Waals surface area contributed by atoms with Crippen LogP contribution in [0.2, 0.25) is 0 Å². The molecule has 0 aromatic rings. The van der Waals surface area contributed by atoms with E-state index in [9.17, 15) is 0 Å². The minimum Gasteiger partial charge on any atom is -0.0885 e. The van der Waals surface area contributed by atoms with E-state index in [4.69, 9.17) is 0 Å². The molecule has 0 rings (SSSR count). The standard InChI is InChI=1S/C29H58/c1-4-7-10-12-13-14-15-16-17-18-19-20-21-23-25-28-29(26-9-6-3)27-24-22-11-8-5-2/h16-17,29H,4-15,18-28H2,1-3H3/b17-16+. The number of hydrogen-bond donors (Lipinski definition) is 0. The molecule has 1 unspecified atom stereocenters. The summed E-state index contributed by atoms with van der Waals surface area (Å²) in [5.41, 5.74) is 0. The molecule has 0 heterocycles. The molecule has 0 aliphatic heterocycles. The summed E-state index contributed by atoms with van der Waals surface area (Å²) in [5, 5.41) is 0. The molecule has 0 radical (unpaired) electrons. The van der Waals surface area contributed by atoms with Crippen molar-refractivity contribution < 1.29 is 0 Å². The molecule has 0 bridgehead atoms. The molecule has 0 saturated carbocycles. The molecule has 0 spiro atoms. The van der Waals surface area contributed by atoms with Crippen molar-refractivity contribution in [2.75, 3.05) is 0 Å². The molecule has 29 heavy (non-hydrogen) atoms. The molecule has 174 valence electrons. The van der Waals surface area contributed by atoms with E-state index in [0.29, 0.717) is 0 Å². The molecule has 0 aliphatic rings. The summed E-state index contributed by atoms with van der Waals surface area (Å²) < 4.78 is 0. The predicted octanol–water partition coefficient (Wildman–Crippen LogP) is 11.2. The molecule has 0 heteroatoms. The fourth-order valence-electron chi connectivity index (χ4n) is 4.47. The van der Waals surface area contributed by atoms with Crippen LogP contribution < -0.4 is 0 Å². The fraction of sp³-hybridized carbons (Fsp3) is 0.931. The van der Waals surface area contributed by atoms with E-state index in [0.717, 1.165) is 5.92 Å². The van der Waals surface area contributed by atoms with E-state index in [1.807, 2.05) is 0 Å². The van der Waals surface area contributed by atoms with E-state index >= 15 is 0 Å². The van der Waals surface area contributed by atoms with Crippen LogP contribution >= 0.6 is 0 Å². The Hall–Kier alpha value is -0.260. The van der Waals surface area contributed by atoms with Crippen LogP contribution in [-0.4, -0.2) is 0 Å². The topological polar surface area (TPSA) is 0 Å². The van der Waals surface area contributed by atoms with Crippen molar-refractivity contribution >= 4 is 0 Å². The van der Waals surface area contributed by atoms with Crippen molar-refractivity contribution in [3.05, 3.63) is 12.2 Å². The van der Waals surface area contributed by atoms with E-state index in [1.54, 1.807) is 0 Å². The molecule has 0 aromatic carbocycles. The van der Waals surface area contributed by atoms with E-state index in [2.05, 4.69) is 32.9 Å². The Morgan fingerprint density at radius 1 is 0.379 bits per heavy atom. The van der Waals surface area contributed by atoms with Crippen molar-refractivity contribution in [3.63, 3.8) is 0 Å². The van der Waals surface area contributed by atoms with Gasteiger partial charge >= 0.3 is 0 Å². The Morgan fingerprint density at radius 2 is 0.724 bits per heavy atom. The molecular weight excluding hydrogens is 348 g/mol. The van der Waals surface area contributed by atoms with Gasteiger partial charge in [0.15, 0.2) is 0 Å². The number of unbranched alkanes of at least 4 members (excludes halogenated alkanes) is 16. The summed E-state index contributed by atoms with van der Waals surface area (Å²) in [7, 11) is 0. The van der Waals surface area contributed by atoms with Gasteiger partial charge in [-0.2, -0.15) is 0 Å². The second kappa shape index (κ2) is 25.8. The molecular formula is C29H58. The Balaban J connectivity index is 3.48. The van der Waals surface area contributed by atoms with Crippen molar-refractivity contribution in [2.24, 2.45) is 5.92 Å². The first kappa shape index (κ1) is 28.7. The molecule has 0 saturated heterocycles. The van der Waals surface area contributed by atoms with Crippen molar-refractivity contribution in [2.45, 2.75) is 168 Å². The third kappa shape index (κ3) is 23.9. The predicted molar refractivity (Wildman–Crippen MR) is 136 cm³/mol. The summed E-state index contributed by atoms with van der Waals surface area (Å²) in [6, 6.07) is 0. The van der Waals surface area contributed by atoms with Gasteiger partial charge in [-0.25, -0.2) is 0 Å². The van der Waals surface area contributed by atoms with Gasteiger partial charge in [0, 0.05) is 0 Å². The minimum absolute atomic E-state index is 1.03. The highest BCUT2D eigenvalue weighted by Crippen LogP contribution is 2.23. The van der Waals surface area contributed by atoms with Crippen LogP contribution in [0.25, 0.3) is 0 Å². The zero-order valence-corrected chi connectivity index (χ0v) is 21.0. The van der Waals surface area contributed by atoms with Gasteiger partial charge in [0.25, 0.3) is 0 Å². The average Bonchev–Trinajstić information content (AvgIpc) is 2.73. The normalized spacial score (nSPS) is 12.8. The SMILES string of the molecule is CCCCCCCC/C=C/CCCCCCCC(CCCC)CCCCCCC. The third-order valence-corrected chi connectivity index (χ3v) is 6.56. The fourth-order valence-corrected chi connectivity index (χ4v) is 4.47. The zero-order valence-electron chi connectivity index (χ0n) is 21.0. The van der Waals surface area contributed by atoms with E-state index in [1.165, 1.54) is 148 Å². The van der Waals surface area contributed by atoms with Crippen molar-refractivity contribution in [3.8, 4) is 0 Å². The maximum Gasteiger partial charge on any atom is -0.0351 e. The quantitative estimate of drug-likeness (QED) is 0.110. The lowest BCUT2D eigenvalue weighted by atomic mass is 9.90. The van der Waals surface area contributed by atoms with Gasteiger partial charge in [-0.15, -0.1) is 0 Å². The number of rotatable bonds is 24. The Kier molecular flexibility index (Phi) is 25.5. The van der Waals surface area contributed by atoms with Crippen LogP contribution in [0, 0.1) is 5.92 Å². The molecule has 0 aliphatic carbocycles. The van der Waals surface area contributed by atoms with Gasteiger partial charge in [0.05, 0.1) is 0 Å². The molecule has 0 amide bonds. The van der Waals surface area contributed by atoms with Crippen LogP contribution in [0.5, 0.6) is 0 Å². The van der Waals surface area contributed by atoms with Gasteiger partial charge in [-0.3, -0.25) is 0 Å². The van der Waals surface area contributed by atoms with Gasteiger partial charge < -0.3 is 0 Å². The van der Waals surface area contributed by atoms with Gasteiger partial charge in [-0.1, -0.05) is 155 Å². The van der Waals surface area contributed by atoms with Gasteiger partial charge in [-0.05, 0) is 31.6 Å². The first-order valence-electron chi connectivity index (χ1n) is 14.0. The monoisotopic (exact) mass is 406 g/mol.